The van der Waals surface area contributed by atoms with Crippen LogP contribution in [0.5, 0.6) is 0 Å². The zero-order valence-electron chi connectivity index (χ0n) is 16.8. The zero-order valence-corrected chi connectivity index (χ0v) is 24.6. The molecule has 0 heterocycles. The van der Waals surface area contributed by atoms with Gasteiger partial charge in [-0.3, -0.25) is 0 Å². The third kappa shape index (κ3) is 14.0. The Labute approximate surface area is 238 Å². The van der Waals surface area contributed by atoms with Gasteiger partial charge >= 0.3 is 93.3 Å². The number of hydrogen-bond donors (Lipinski definition) is 0. The molecule has 182 valence electrons. The molecule has 0 aromatic carbocycles. The van der Waals surface area contributed by atoms with Crippen LogP contribution < -0.4 is 73.6 Å². The van der Waals surface area contributed by atoms with E-state index in [1.807, 2.05) is 0 Å². The van der Waals surface area contributed by atoms with Crippen LogP contribution in [-0.4, -0.2) is 29.8 Å². The maximum atomic E-state index is 12.2. The van der Waals surface area contributed by atoms with Gasteiger partial charge in [-0.05, 0) is 32.8 Å². The first kappa shape index (κ1) is 42.0. The van der Waals surface area contributed by atoms with Gasteiger partial charge in [0, 0.05) is 5.33 Å². The van der Waals surface area contributed by atoms with Crippen LogP contribution in [0.25, 0.3) is 0 Å². The van der Waals surface area contributed by atoms with E-state index in [1.165, 1.54) is 0 Å². The third-order valence-electron chi connectivity index (χ3n) is 2.98. The van der Waals surface area contributed by atoms with Crippen molar-refractivity contribution in [3.05, 3.63) is 36.7 Å². The summed E-state index contributed by atoms with van der Waals surface area (Å²) in [5.41, 5.74) is -4.38. The van der Waals surface area contributed by atoms with Crippen molar-refractivity contribution >= 4 is 15.9 Å². The van der Waals surface area contributed by atoms with E-state index in [0.717, 1.165) is 19.2 Å². The number of rotatable bonds is 4. The predicted molar refractivity (Wildman–Crippen MR) is 89.5 cm³/mol. The van der Waals surface area contributed by atoms with E-state index in [4.69, 9.17) is 0 Å². The molecule has 0 unspecified atom stereocenters. The normalized spacial score (nSPS) is 11.9. The molecule has 0 aliphatic carbocycles. The molecule has 0 N–H and O–H groups in total. The van der Waals surface area contributed by atoms with Gasteiger partial charge < -0.3 is 4.70 Å². The summed E-state index contributed by atoms with van der Waals surface area (Å²) < 4.78 is 143. The molecule has 15 heteroatoms. The quantitative estimate of drug-likeness (QED) is 0.245. The summed E-state index contributed by atoms with van der Waals surface area (Å²) in [6, 6.07) is 0. The van der Waals surface area contributed by atoms with Crippen LogP contribution in [0.1, 0.15) is 27.2 Å². The molecule has 0 aliphatic heterocycles. The summed E-state index contributed by atoms with van der Waals surface area (Å²) in [4.78, 5) is 0. The number of alkyl halides is 12. The van der Waals surface area contributed by atoms with Gasteiger partial charge in [0.1, 0.15) is 0 Å². The van der Waals surface area contributed by atoms with E-state index in [1.54, 1.807) is 6.08 Å². The predicted octanol–water partition coefficient (Wildman–Crippen LogP) is 2.72. The van der Waals surface area contributed by atoms with Crippen molar-refractivity contribution in [2.45, 2.75) is 51.6 Å². The Hall–Kier alpha value is 0.842. The van der Waals surface area contributed by atoms with Gasteiger partial charge in [-0.25, -0.2) is 4.39 Å². The Morgan fingerprint density at radius 3 is 1.13 bits per heavy atom. The second-order valence-corrected chi connectivity index (χ2v) is 6.30. The smallest absolute Gasteiger partial charge is 1.00 e. The van der Waals surface area contributed by atoms with Gasteiger partial charge in [-0.2, -0.15) is 48.3 Å². The summed E-state index contributed by atoms with van der Waals surface area (Å²) in [7, 11) is 0. The molecule has 0 saturated carbocycles. The molecular weight excluding hydrogens is 652 g/mol. The van der Waals surface area contributed by atoms with E-state index < -0.39 is 47.7 Å². The van der Waals surface area contributed by atoms with Gasteiger partial charge in [-0.1, -0.05) is 28.1 Å². The molecule has 0 spiro atoms. The van der Waals surface area contributed by atoms with E-state index >= 15 is 0 Å². The Morgan fingerprint density at radius 2 is 1.06 bits per heavy atom. The maximum absolute atomic E-state index is 12.2. The van der Waals surface area contributed by atoms with Gasteiger partial charge in [-0.15, -0.1) is 13.2 Å². The molecule has 0 aliphatic rings. The molecule has 0 amide bonds. The van der Waals surface area contributed by atoms with Crippen molar-refractivity contribution in [2.24, 2.45) is 5.41 Å². The fourth-order valence-corrected chi connectivity index (χ4v) is 1.12. The molecule has 0 fully saturated rings. The summed E-state index contributed by atoms with van der Waals surface area (Å²) >= 11 is 3.13. The van der Waals surface area contributed by atoms with Crippen molar-refractivity contribution in [3.8, 4) is 0 Å². The average molecular weight is 671 g/mol. The third-order valence-corrected chi connectivity index (χ3v) is 3.44. The molecule has 0 nitrogen and oxygen atoms in total. The van der Waals surface area contributed by atoms with Crippen LogP contribution >= 0.6 is 15.9 Å². The number of allylic oxidation sites excluding steroid dienone is 4. The van der Waals surface area contributed by atoms with Gasteiger partial charge in [0.15, 0.2) is 11.2 Å². The molecule has 0 atom stereocenters. The average Bonchev–Trinajstić information content (AvgIpc) is 2.51. The topological polar surface area (TPSA) is 0 Å². The molecule has 0 saturated heterocycles. The van der Waals surface area contributed by atoms with E-state index in [2.05, 4.69) is 29.1 Å². The van der Waals surface area contributed by atoms with Gasteiger partial charge in [0.25, 0.3) is 0 Å². The molecule has 0 aromatic heterocycles. The second-order valence-electron chi connectivity index (χ2n) is 5.65. The molecule has 0 radical (unpaired) electrons. The van der Waals surface area contributed by atoms with E-state index in [0.29, 0.717) is 6.08 Å². The summed E-state index contributed by atoms with van der Waals surface area (Å²) in [5, 5.41) is 0.896. The Balaban J connectivity index is -0.000000118. The Morgan fingerprint density at radius 1 is 0.774 bits per heavy atom. The monoisotopic (exact) mass is 670 g/mol. The van der Waals surface area contributed by atoms with Gasteiger partial charge in [0.05, 0.1) is 0 Å². The molecule has 0 aromatic rings. The zero-order chi connectivity index (χ0) is 24.5. The molecule has 0 rings (SSSR count). The summed E-state index contributed by atoms with van der Waals surface area (Å²) in [5.74, 6) is -7.80. The van der Waals surface area contributed by atoms with Crippen molar-refractivity contribution in [3.63, 3.8) is 0 Å². The van der Waals surface area contributed by atoms with Crippen LogP contribution in [0, 0.1) is 5.41 Å². The molecular formula is C16H19BrCsF13. The summed E-state index contributed by atoms with van der Waals surface area (Å²) in [6.45, 7) is 8.11. The van der Waals surface area contributed by atoms with Crippen LogP contribution in [0.4, 0.5) is 52.7 Å². The van der Waals surface area contributed by atoms with Crippen molar-refractivity contribution in [1.82, 2.24) is 0 Å². The van der Waals surface area contributed by atoms with Crippen molar-refractivity contribution in [2.75, 3.05) is 5.33 Å². The van der Waals surface area contributed by atoms with Crippen LogP contribution in [0.3, 0.4) is 0 Å². The maximum Gasteiger partial charge on any atom is 1.00 e. The number of hydrogen-bond acceptors (Lipinski definition) is 0. The van der Waals surface area contributed by atoms with E-state index in [-0.39, 0.29) is 80.5 Å². The SMILES string of the molecule is C=CCBr.C=CCC(C)(C(F)(F)F)C(F)(F)F.CC(C)=C(F)C(F)(F)C(F)(F)F.[Cs+].[F-]. The minimum Gasteiger partial charge on any atom is -1.00 e. The van der Waals surface area contributed by atoms with Crippen molar-refractivity contribution in [1.29, 1.82) is 0 Å². The minimum absolute atomic E-state index is 0. The largest absolute Gasteiger partial charge is 1.00 e. The number of halogens is 14. The van der Waals surface area contributed by atoms with Crippen LogP contribution in [0.2, 0.25) is 0 Å². The fraction of sp³-hybridized carbons (Fsp3) is 0.625. The van der Waals surface area contributed by atoms with Crippen molar-refractivity contribution < 1.29 is 126 Å². The van der Waals surface area contributed by atoms with Crippen LogP contribution in [-0.2, 0) is 0 Å². The van der Waals surface area contributed by atoms with Crippen LogP contribution in [0.15, 0.2) is 36.7 Å². The second kappa shape index (κ2) is 16.5. The molecule has 0 bridgehead atoms. The first-order valence-corrected chi connectivity index (χ1v) is 8.39. The van der Waals surface area contributed by atoms with Gasteiger partial charge in [0.2, 0.25) is 0 Å². The molecule has 31 heavy (non-hydrogen) atoms. The fourth-order valence-electron chi connectivity index (χ4n) is 1.12. The minimum atomic E-state index is -5.87. The Bertz CT molecular complexity index is 527. The first-order chi connectivity index (χ1) is 12.6. The standard InChI is InChI=1S/C7H8F6.C6H6F6.C3H5Br.Cs.FH/c1-3-4-5(2,6(8,9)10)7(11,12)13;1-3(2)4(7)5(8,9)6(10,11)12;1-2-3-4;;/h3H,1,4H2,2H3;1-2H3;2H,1,3H2;;1H/q;;;+1;/p-1. The summed E-state index contributed by atoms with van der Waals surface area (Å²) in [6.07, 6.45) is -15.2. The Kier molecular flexibility index (Phi) is 22.3. The first-order valence-electron chi connectivity index (χ1n) is 7.27. The van der Waals surface area contributed by atoms with E-state index in [9.17, 15) is 52.7 Å².